The van der Waals surface area contributed by atoms with Crippen LogP contribution in [0.1, 0.15) is 5.56 Å². The first-order valence-electron chi connectivity index (χ1n) is 8.10. The van der Waals surface area contributed by atoms with E-state index in [9.17, 15) is 8.42 Å². The molecule has 1 aliphatic heterocycles. The summed E-state index contributed by atoms with van der Waals surface area (Å²) < 4.78 is 32.3. The quantitative estimate of drug-likeness (QED) is 0.800. The predicted molar refractivity (Wildman–Crippen MR) is 98.5 cm³/mol. The zero-order valence-electron chi connectivity index (χ0n) is 14.1. The van der Waals surface area contributed by atoms with Crippen molar-refractivity contribution in [1.82, 2.24) is 9.21 Å². The molecule has 1 saturated heterocycles. The van der Waals surface area contributed by atoms with E-state index in [1.165, 1.54) is 29.1 Å². The van der Waals surface area contributed by atoms with Gasteiger partial charge in [0.25, 0.3) is 0 Å². The van der Waals surface area contributed by atoms with E-state index >= 15 is 0 Å². The number of hydrogen-bond donors (Lipinski definition) is 0. The molecule has 2 aromatic rings. The molecule has 0 aliphatic carbocycles. The Morgan fingerprint density at radius 1 is 1.04 bits per heavy atom. The van der Waals surface area contributed by atoms with Gasteiger partial charge in [-0.15, -0.1) is 0 Å². The molecule has 0 unspecified atom stereocenters. The summed E-state index contributed by atoms with van der Waals surface area (Å²) in [5, 5.41) is 0.397. The number of nitrogens with zero attached hydrogens (tertiary/aromatic N) is 2. The van der Waals surface area contributed by atoms with Crippen molar-refractivity contribution in [2.75, 3.05) is 33.3 Å². The summed E-state index contributed by atoms with van der Waals surface area (Å²) in [4.78, 5) is 2.48. The number of hydrogen-bond acceptors (Lipinski definition) is 4. The fourth-order valence-electron chi connectivity index (χ4n) is 2.92. The van der Waals surface area contributed by atoms with Crippen molar-refractivity contribution in [2.24, 2.45) is 0 Å². The van der Waals surface area contributed by atoms with E-state index in [1.807, 2.05) is 18.2 Å². The Morgan fingerprint density at radius 3 is 2.36 bits per heavy atom. The Labute approximate surface area is 153 Å². The molecule has 3 rings (SSSR count). The van der Waals surface area contributed by atoms with Crippen molar-refractivity contribution < 1.29 is 13.2 Å². The van der Waals surface area contributed by atoms with Crippen LogP contribution in [0, 0.1) is 0 Å². The maximum Gasteiger partial charge on any atom is 0.243 e. The normalized spacial score (nSPS) is 16.7. The van der Waals surface area contributed by atoms with Gasteiger partial charge in [0.1, 0.15) is 5.75 Å². The third kappa shape index (κ3) is 4.15. The number of ether oxygens (including phenoxy) is 1. The van der Waals surface area contributed by atoms with Gasteiger partial charge in [-0.25, -0.2) is 8.42 Å². The SMILES string of the molecule is COc1cc(S(=O)(=O)N2CCN(Cc3ccccc3)CC2)ccc1Cl. The molecule has 0 spiro atoms. The van der Waals surface area contributed by atoms with Crippen LogP contribution in [0.2, 0.25) is 5.02 Å². The Balaban J connectivity index is 1.67. The zero-order chi connectivity index (χ0) is 17.9. The van der Waals surface area contributed by atoms with Gasteiger partial charge in [-0.3, -0.25) is 4.90 Å². The standard InChI is InChI=1S/C18H21ClN2O3S/c1-24-18-13-16(7-8-17(18)19)25(22,23)21-11-9-20(10-12-21)14-15-5-3-2-4-6-15/h2-8,13H,9-12,14H2,1H3. The fourth-order valence-corrected chi connectivity index (χ4v) is 4.55. The Bertz CT molecular complexity index is 819. The smallest absolute Gasteiger partial charge is 0.243 e. The zero-order valence-corrected chi connectivity index (χ0v) is 15.6. The lowest BCUT2D eigenvalue weighted by Crippen LogP contribution is -2.48. The molecule has 0 N–H and O–H groups in total. The molecule has 2 aromatic carbocycles. The van der Waals surface area contributed by atoms with Crippen molar-refractivity contribution >= 4 is 21.6 Å². The van der Waals surface area contributed by atoms with Crippen LogP contribution < -0.4 is 4.74 Å². The average molecular weight is 381 g/mol. The third-order valence-electron chi connectivity index (χ3n) is 4.34. The molecule has 1 heterocycles. The lowest BCUT2D eigenvalue weighted by atomic mass is 10.2. The van der Waals surface area contributed by atoms with Crippen LogP contribution >= 0.6 is 11.6 Å². The Hall–Kier alpha value is -1.60. The number of benzene rings is 2. The van der Waals surface area contributed by atoms with Crippen molar-refractivity contribution in [1.29, 1.82) is 0 Å². The minimum absolute atomic E-state index is 0.213. The van der Waals surface area contributed by atoms with E-state index in [-0.39, 0.29) is 4.90 Å². The molecule has 0 amide bonds. The molecular formula is C18H21ClN2O3S. The summed E-state index contributed by atoms with van der Waals surface area (Å²) in [7, 11) is -2.07. The van der Waals surface area contributed by atoms with Crippen LogP contribution in [0.25, 0.3) is 0 Å². The molecule has 0 aromatic heterocycles. The molecule has 0 radical (unpaired) electrons. The average Bonchev–Trinajstić information content (AvgIpc) is 2.63. The van der Waals surface area contributed by atoms with Crippen LogP contribution in [0.3, 0.4) is 0 Å². The van der Waals surface area contributed by atoms with E-state index in [4.69, 9.17) is 16.3 Å². The first-order chi connectivity index (χ1) is 12.0. The van der Waals surface area contributed by atoms with Gasteiger partial charge in [-0.1, -0.05) is 41.9 Å². The van der Waals surface area contributed by atoms with Gasteiger partial charge in [0.2, 0.25) is 10.0 Å². The van der Waals surface area contributed by atoms with Gasteiger partial charge >= 0.3 is 0 Å². The van der Waals surface area contributed by atoms with Crippen molar-refractivity contribution in [3.8, 4) is 5.75 Å². The second kappa shape index (κ2) is 7.74. The highest BCUT2D eigenvalue weighted by molar-refractivity contribution is 7.89. The molecule has 25 heavy (non-hydrogen) atoms. The van der Waals surface area contributed by atoms with Gasteiger partial charge < -0.3 is 4.74 Å². The molecule has 0 bridgehead atoms. The predicted octanol–water partition coefficient (Wildman–Crippen LogP) is 2.86. The Kier molecular flexibility index (Phi) is 5.64. The molecule has 0 atom stereocenters. The molecule has 134 valence electrons. The summed E-state index contributed by atoms with van der Waals surface area (Å²) in [6.07, 6.45) is 0. The van der Waals surface area contributed by atoms with E-state index in [1.54, 1.807) is 6.07 Å². The number of sulfonamides is 1. The molecule has 1 aliphatic rings. The van der Waals surface area contributed by atoms with E-state index in [0.29, 0.717) is 37.0 Å². The number of halogens is 1. The van der Waals surface area contributed by atoms with E-state index in [0.717, 1.165) is 6.54 Å². The van der Waals surface area contributed by atoms with Gasteiger partial charge in [0.15, 0.2) is 0 Å². The van der Waals surface area contributed by atoms with Crippen LogP contribution in [0.15, 0.2) is 53.4 Å². The molecule has 1 fully saturated rings. The molecule has 7 heteroatoms. The lowest BCUT2D eigenvalue weighted by Gasteiger charge is -2.34. The van der Waals surface area contributed by atoms with Gasteiger partial charge in [-0.05, 0) is 17.7 Å². The van der Waals surface area contributed by atoms with Gasteiger partial charge in [0, 0.05) is 38.8 Å². The highest BCUT2D eigenvalue weighted by Gasteiger charge is 2.29. The highest BCUT2D eigenvalue weighted by atomic mass is 35.5. The summed E-state index contributed by atoms with van der Waals surface area (Å²) >= 11 is 5.99. The Morgan fingerprint density at radius 2 is 1.72 bits per heavy atom. The van der Waals surface area contributed by atoms with E-state index in [2.05, 4.69) is 17.0 Å². The summed E-state index contributed by atoms with van der Waals surface area (Å²) in [6.45, 7) is 3.20. The number of methoxy groups -OCH3 is 1. The van der Waals surface area contributed by atoms with Crippen molar-refractivity contribution in [2.45, 2.75) is 11.4 Å². The van der Waals surface area contributed by atoms with Gasteiger partial charge in [-0.2, -0.15) is 4.31 Å². The topological polar surface area (TPSA) is 49.9 Å². The summed E-state index contributed by atoms with van der Waals surface area (Å²) in [5.74, 6) is 0.366. The third-order valence-corrected chi connectivity index (χ3v) is 6.55. The minimum atomic E-state index is -3.54. The van der Waals surface area contributed by atoms with Gasteiger partial charge in [0.05, 0.1) is 17.0 Å². The molecule has 5 nitrogen and oxygen atoms in total. The van der Waals surface area contributed by atoms with Crippen molar-refractivity contribution in [3.05, 3.63) is 59.1 Å². The molecule has 0 saturated carbocycles. The summed E-state index contributed by atoms with van der Waals surface area (Å²) in [6, 6.07) is 14.8. The van der Waals surface area contributed by atoms with Crippen LogP contribution in [0.4, 0.5) is 0 Å². The minimum Gasteiger partial charge on any atom is -0.495 e. The monoisotopic (exact) mass is 380 g/mol. The van der Waals surface area contributed by atoms with Crippen LogP contribution in [-0.4, -0.2) is 50.9 Å². The fraction of sp³-hybridized carbons (Fsp3) is 0.333. The van der Waals surface area contributed by atoms with Crippen LogP contribution in [-0.2, 0) is 16.6 Å². The number of piperazine rings is 1. The van der Waals surface area contributed by atoms with Crippen molar-refractivity contribution in [3.63, 3.8) is 0 Å². The maximum atomic E-state index is 12.8. The maximum absolute atomic E-state index is 12.8. The molecular weight excluding hydrogens is 360 g/mol. The largest absolute Gasteiger partial charge is 0.495 e. The second-order valence-electron chi connectivity index (χ2n) is 5.96. The number of rotatable bonds is 5. The second-order valence-corrected chi connectivity index (χ2v) is 8.31. The van der Waals surface area contributed by atoms with Crippen LogP contribution in [0.5, 0.6) is 5.75 Å². The highest BCUT2D eigenvalue weighted by Crippen LogP contribution is 2.29. The summed E-state index contributed by atoms with van der Waals surface area (Å²) in [5.41, 5.74) is 1.24. The van der Waals surface area contributed by atoms with E-state index < -0.39 is 10.0 Å². The lowest BCUT2D eigenvalue weighted by molar-refractivity contribution is 0.181. The first-order valence-corrected chi connectivity index (χ1v) is 9.92. The first kappa shape index (κ1) is 18.2.